The van der Waals surface area contributed by atoms with Crippen LogP contribution in [0.4, 0.5) is 11.5 Å². The van der Waals surface area contributed by atoms with E-state index in [9.17, 15) is 4.79 Å². The number of benzene rings is 2. The third-order valence-corrected chi connectivity index (χ3v) is 5.76. The van der Waals surface area contributed by atoms with Gasteiger partial charge in [0.15, 0.2) is 5.82 Å². The number of fused-ring (bicyclic) bond motifs is 1. The molecule has 1 aliphatic rings. The molecule has 0 saturated carbocycles. The van der Waals surface area contributed by atoms with E-state index >= 15 is 0 Å². The van der Waals surface area contributed by atoms with Crippen molar-refractivity contribution in [1.29, 1.82) is 0 Å². The number of aromatic nitrogens is 2. The van der Waals surface area contributed by atoms with Crippen LogP contribution in [0.1, 0.15) is 30.9 Å². The van der Waals surface area contributed by atoms with Crippen LogP contribution in [0.5, 0.6) is 5.88 Å². The Kier molecular flexibility index (Phi) is 5.84. The summed E-state index contributed by atoms with van der Waals surface area (Å²) in [6.45, 7) is 7.99. The van der Waals surface area contributed by atoms with Crippen LogP contribution < -0.4 is 15.0 Å². The maximum Gasteiger partial charge on any atom is 0.258 e. The molecule has 0 unspecified atom stereocenters. The minimum Gasteiger partial charge on any atom is -0.475 e. The molecule has 1 aromatic heterocycles. The second-order valence-electron chi connectivity index (χ2n) is 7.80. The van der Waals surface area contributed by atoms with Gasteiger partial charge in [0.05, 0.1) is 23.6 Å². The first kappa shape index (κ1) is 20.1. The Bertz CT molecular complexity index is 1070. The molecule has 6 heteroatoms. The van der Waals surface area contributed by atoms with Crippen LogP contribution >= 0.6 is 0 Å². The lowest BCUT2D eigenvalue weighted by molar-refractivity contribution is -0.120. The Labute approximate surface area is 177 Å². The molecular formula is C24H28N4O2. The van der Waals surface area contributed by atoms with E-state index in [4.69, 9.17) is 9.72 Å². The van der Waals surface area contributed by atoms with Gasteiger partial charge < -0.3 is 15.0 Å². The molecule has 1 fully saturated rings. The highest BCUT2D eigenvalue weighted by Gasteiger charge is 2.29. The summed E-state index contributed by atoms with van der Waals surface area (Å²) in [5.41, 5.74) is 4.81. The SMILES string of the molecule is CCOc1nc2ccccc2nc1N1CCC[C@@H](C(=O)Nc2cccc(C)c2C)C1. The fourth-order valence-corrected chi connectivity index (χ4v) is 3.92. The van der Waals surface area contributed by atoms with E-state index < -0.39 is 0 Å². The number of hydrogen-bond donors (Lipinski definition) is 1. The van der Waals surface area contributed by atoms with Crippen LogP contribution in [0, 0.1) is 19.8 Å². The lowest BCUT2D eigenvalue weighted by atomic mass is 9.96. The minimum absolute atomic E-state index is 0.0557. The number of piperidine rings is 1. The monoisotopic (exact) mass is 404 g/mol. The van der Waals surface area contributed by atoms with E-state index in [-0.39, 0.29) is 11.8 Å². The molecule has 2 aromatic carbocycles. The van der Waals surface area contributed by atoms with E-state index in [2.05, 4.69) is 28.2 Å². The molecule has 1 saturated heterocycles. The van der Waals surface area contributed by atoms with Crippen LogP contribution in [0.3, 0.4) is 0 Å². The van der Waals surface area contributed by atoms with Crippen LogP contribution in [0.25, 0.3) is 11.0 Å². The molecule has 0 bridgehead atoms. The molecule has 1 aliphatic heterocycles. The van der Waals surface area contributed by atoms with Gasteiger partial charge in [0.25, 0.3) is 5.88 Å². The number of nitrogens with one attached hydrogen (secondary N) is 1. The summed E-state index contributed by atoms with van der Waals surface area (Å²) in [6, 6.07) is 13.8. The topological polar surface area (TPSA) is 67.4 Å². The summed E-state index contributed by atoms with van der Waals surface area (Å²) in [5.74, 6) is 1.20. The molecule has 156 valence electrons. The number of rotatable bonds is 5. The standard InChI is InChI=1S/C24H28N4O2/c1-4-30-24-22(25-20-11-5-6-12-21(20)27-24)28-14-8-10-18(15-28)23(29)26-19-13-7-9-16(2)17(19)3/h5-7,9,11-13,18H,4,8,10,14-15H2,1-3H3,(H,26,29)/t18-/m1/s1. The second-order valence-corrected chi connectivity index (χ2v) is 7.80. The van der Waals surface area contributed by atoms with Crippen molar-refractivity contribution < 1.29 is 9.53 Å². The van der Waals surface area contributed by atoms with Crippen LogP contribution in [0.2, 0.25) is 0 Å². The quantitative estimate of drug-likeness (QED) is 0.678. The van der Waals surface area contributed by atoms with Gasteiger partial charge in [0.2, 0.25) is 5.91 Å². The number of carbonyl (C=O) groups excluding carboxylic acids is 1. The number of amides is 1. The largest absolute Gasteiger partial charge is 0.475 e. The van der Waals surface area contributed by atoms with Gasteiger partial charge in [-0.25, -0.2) is 9.97 Å². The van der Waals surface area contributed by atoms with Crippen molar-refractivity contribution in [2.24, 2.45) is 5.92 Å². The number of anilines is 2. The van der Waals surface area contributed by atoms with Gasteiger partial charge in [-0.3, -0.25) is 4.79 Å². The fourth-order valence-electron chi connectivity index (χ4n) is 3.92. The summed E-state index contributed by atoms with van der Waals surface area (Å²) >= 11 is 0. The Morgan fingerprint density at radius 1 is 1.13 bits per heavy atom. The van der Waals surface area contributed by atoms with Gasteiger partial charge >= 0.3 is 0 Å². The number of para-hydroxylation sites is 2. The molecule has 0 aliphatic carbocycles. The maximum absolute atomic E-state index is 13.0. The Morgan fingerprint density at radius 2 is 1.90 bits per heavy atom. The zero-order valence-electron chi connectivity index (χ0n) is 17.8. The first-order chi connectivity index (χ1) is 14.6. The van der Waals surface area contributed by atoms with Gasteiger partial charge in [-0.1, -0.05) is 24.3 Å². The number of hydrogen-bond acceptors (Lipinski definition) is 5. The lowest BCUT2D eigenvalue weighted by Gasteiger charge is -2.33. The Hall–Kier alpha value is -3.15. The molecular weight excluding hydrogens is 376 g/mol. The van der Waals surface area contributed by atoms with Crippen LogP contribution in [-0.4, -0.2) is 35.6 Å². The van der Waals surface area contributed by atoms with Gasteiger partial charge in [0.1, 0.15) is 0 Å². The maximum atomic E-state index is 13.0. The third-order valence-electron chi connectivity index (χ3n) is 5.76. The fraction of sp³-hybridized carbons (Fsp3) is 0.375. The number of carbonyl (C=O) groups is 1. The predicted molar refractivity (Wildman–Crippen MR) is 120 cm³/mol. The summed E-state index contributed by atoms with van der Waals surface area (Å²) < 4.78 is 5.80. The number of nitrogens with zero attached hydrogens (tertiary/aromatic N) is 3. The Balaban J connectivity index is 1.57. The first-order valence-corrected chi connectivity index (χ1v) is 10.6. The van der Waals surface area contributed by atoms with Crippen molar-refractivity contribution in [2.75, 3.05) is 29.9 Å². The van der Waals surface area contributed by atoms with Crippen molar-refractivity contribution in [2.45, 2.75) is 33.6 Å². The average molecular weight is 405 g/mol. The summed E-state index contributed by atoms with van der Waals surface area (Å²) in [5, 5.41) is 3.13. The van der Waals surface area contributed by atoms with Crippen LogP contribution in [0.15, 0.2) is 42.5 Å². The van der Waals surface area contributed by atoms with E-state index in [1.165, 1.54) is 5.56 Å². The molecule has 30 heavy (non-hydrogen) atoms. The third kappa shape index (κ3) is 4.08. The molecule has 3 aromatic rings. The van der Waals surface area contributed by atoms with Crippen molar-refractivity contribution in [1.82, 2.24) is 9.97 Å². The highest BCUT2D eigenvalue weighted by Crippen LogP contribution is 2.31. The average Bonchev–Trinajstić information content (AvgIpc) is 2.77. The van der Waals surface area contributed by atoms with Crippen LogP contribution in [-0.2, 0) is 4.79 Å². The molecule has 0 radical (unpaired) electrons. The van der Waals surface area contributed by atoms with Gasteiger partial charge in [-0.2, -0.15) is 0 Å². The van der Waals surface area contributed by atoms with Crippen molar-refractivity contribution in [3.8, 4) is 5.88 Å². The summed E-state index contributed by atoms with van der Waals surface area (Å²) in [7, 11) is 0. The van der Waals surface area contributed by atoms with Gasteiger partial charge in [-0.05, 0) is 62.9 Å². The molecule has 1 atom stereocenters. The molecule has 4 rings (SSSR count). The molecule has 1 amide bonds. The van der Waals surface area contributed by atoms with E-state index in [0.717, 1.165) is 47.5 Å². The van der Waals surface area contributed by atoms with E-state index in [1.807, 2.05) is 50.2 Å². The van der Waals surface area contributed by atoms with Crippen molar-refractivity contribution in [3.63, 3.8) is 0 Å². The van der Waals surface area contributed by atoms with Crippen molar-refractivity contribution >= 4 is 28.4 Å². The van der Waals surface area contributed by atoms with E-state index in [1.54, 1.807) is 0 Å². The minimum atomic E-state index is -0.110. The van der Waals surface area contributed by atoms with Gasteiger partial charge in [-0.15, -0.1) is 0 Å². The predicted octanol–water partition coefficient (Wildman–Crippen LogP) is 4.50. The normalized spacial score (nSPS) is 16.5. The zero-order valence-corrected chi connectivity index (χ0v) is 17.8. The molecule has 6 nitrogen and oxygen atoms in total. The Morgan fingerprint density at radius 3 is 2.67 bits per heavy atom. The van der Waals surface area contributed by atoms with Gasteiger partial charge in [0, 0.05) is 18.8 Å². The molecule has 2 heterocycles. The second kappa shape index (κ2) is 8.69. The number of ether oxygens (including phenoxy) is 1. The summed E-state index contributed by atoms with van der Waals surface area (Å²) in [6.07, 6.45) is 1.78. The zero-order chi connectivity index (χ0) is 21.1. The van der Waals surface area contributed by atoms with Crippen molar-refractivity contribution in [3.05, 3.63) is 53.6 Å². The van der Waals surface area contributed by atoms with E-state index in [0.29, 0.717) is 19.0 Å². The molecule has 1 N–H and O–H groups in total. The lowest BCUT2D eigenvalue weighted by Crippen LogP contribution is -2.41. The first-order valence-electron chi connectivity index (χ1n) is 10.6. The molecule has 0 spiro atoms. The highest BCUT2D eigenvalue weighted by atomic mass is 16.5. The summed E-state index contributed by atoms with van der Waals surface area (Å²) in [4.78, 5) is 24.7. The highest BCUT2D eigenvalue weighted by molar-refractivity contribution is 5.94. The number of aryl methyl sites for hydroxylation is 1. The smallest absolute Gasteiger partial charge is 0.258 e.